The lowest BCUT2D eigenvalue weighted by Crippen LogP contribution is -2.15. The van der Waals surface area contributed by atoms with Gasteiger partial charge in [-0.15, -0.1) is 0 Å². The number of nitrogens with one attached hydrogen (secondary N) is 1. The zero-order valence-electron chi connectivity index (χ0n) is 13.1. The van der Waals surface area contributed by atoms with E-state index in [0.717, 1.165) is 29.9 Å². The number of anilines is 1. The molecule has 0 aliphatic heterocycles. The summed E-state index contributed by atoms with van der Waals surface area (Å²) < 4.78 is 1.95. The van der Waals surface area contributed by atoms with E-state index in [1.165, 1.54) is 0 Å². The Bertz CT molecular complexity index is 629. The molecular formula is C16H22N4O. The second kappa shape index (κ2) is 6.52. The molecule has 2 aromatic heterocycles. The van der Waals surface area contributed by atoms with Crippen LogP contribution in [0.5, 0.6) is 0 Å². The van der Waals surface area contributed by atoms with Crippen molar-refractivity contribution in [2.24, 2.45) is 0 Å². The number of hydrogen-bond acceptors (Lipinski definition) is 3. The zero-order valence-corrected chi connectivity index (χ0v) is 13.1. The number of aryl methyl sites for hydroxylation is 2. The predicted octanol–water partition coefficient (Wildman–Crippen LogP) is 3.51. The third-order valence-corrected chi connectivity index (χ3v) is 3.60. The van der Waals surface area contributed by atoms with Gasteiger partial charge in [0.2, 0.25) is 0 Å². The molecule has 0 aromatic carbocycles. The van der Waals surface area contributed by atoms with E-state index in [1.807, 2.05) is 30.7 Å². The van der Waals surface area contributed by atoms with E-state index in [9.17, 15) is 4.79 Å². The van der Waals surface area contributed by atoms with Gasteiger partial charge in [-0.2, -0.15) is 5.10 Å². The molecule has 21 heavy (non-hydrogen) atoms. The number of carbonyl (C=O) groups is 1. The summed E-state index contributed by atoms with van der Waals surface area (Å²) in [6.45, 7) is 8.14. The predicted molar refractivity (Wildman–Crippen MR) is 83.5 cm³/mol. The van der Waals surface area contributed by atoms with Crippen LogP contribution >= 0.6 is 0 Å². The first kappa shape index (κ1) is 15.2. The van der Waals surface area contributed by atoms with Crippen molar-refractivity contribution in [1.29, 1.82) is 0 Å². The van der Waals surface area contributed by atoms with E-state index >= 15 is 0 Å². The third-order valence-electron chi connectivity index (χ3n) is 3.60. The van der Waals surface area contributed by atoms with E-state index in [4.69, 9.17) is 0 Å². The summed E-state index contributed by atoms with van der Waals surface area (Å²) in [6, 6.07) is 5.79. The van der Waals surface area contributed by atoms with Crippen molar-refractivity contribution in [3.8, 4) is 0 Å². The van der Waals surface area contributed by atoms with Crippen LogP contribution in [0, 0.1) is 13.8 Å². The van der Waals surface area contributed by atoms with Gasteiger partial charge in [0.25, 0.3) is 5.91 Å². The van der Waals surface area contributed by atoms with E-state index in [0.29, 0.717) is 11.7 Å². The SMILES string of the molecule is CCC(CC)n1nc(C(=O)Nc2ccnc(C)c2)cc1C. The zero-order chi connectivity index (χ0) is 15.4. The van der Waals surface area contributed by atoms with Crippen LogP contribution in [0.15, 0.2) is 24.4 Å². The summed E-state index contributed by atoms with van der Waals surface area (Å²) in [4.78, 5) is 16.4. The van der Waals surface area contributed by atoms with Crippen LogP contribution in [0.1, 0.15) is 54.6 Å². The molecule has 0 saturated carbocycles. The molecule has 0 aliphatic rings. The molecule has 5 heteroatoms. The highest BCUT2D eigenvalue weighted by molar-refractivity contribution is 6.02. The smallest absolute Gasteiger partial charge is 0.276 e. The van der Waals surface area contributed by atoms with Crippen LogP contribution in [0.25, 0.3) is 0 Å². The Hall–Kier alpha value is -2.17. The first-order valence-electron chi connectivity index (χ1n) is 7.35. The van der Waals surface area contributed by atoms with Crippen molar-refractivity contribution in [2.75, 3.05) is 5.32 Å². The Morgan fingerprint density at radius 3 is 2.62 bits per heavy atom. The molecule has 2 heterocycles. The van der Waals surface area contributed by atoms with Gasteiger partial charge >= 0.3 is 0 Å². The summed E-state index contributed by atoms with van der Waals surface area (Å²) in [7, 11) is 0. The lowest BCUT2D eigenvalue weighted by Gasteiger charge is -2.14. The molecule has 5 nitrogen and oxygen atoms in total. The minimum absolute atomic E-state index is 0.187. The van der Waals surface area contributed by atoms with Crippen LogP contribution in [0.3, 0.4) is 0 Å². The van der Waals surface area contributed by atoms with Crippen molar-refractivity contribution < 1.29 is 4.79 Å². The Kier molecular flexibility index (Phi) is 4.73. The Morgan fingerprint density at radius 1 is 1.29 bits per heavy atom. The number of aromatic nitrogens is 3. The number of nitrogens with zero attached hydrogens (tertiary/aromatic N) is 3. The molecule has 0 atom stereocenters. The maximum Gasteiger partial charge on any atom is 0.276 e. The molecule has 2 rings (SSSR count). The van der Waals surface area contributed by atoms with Crippen molar-refractivity contribution in [3.63, 3.8) is 0 Å². The molecule has 0 aliphatic carbocycles. The first-order chi connectivity index (χ1) is 10.0. The lowest BCUT2D eigenvalue weighted by molar-refractivity contribution is 0.102. The van der Waals surface area contributed by atoms with Gasteiger partial charge in [-0.25, -0.2) is 0 Å². The second-order valence-corrected chi connectivity index (χ2v) is 5.23. The summed E-state index contributed by atoms with van der Waals surface area (Å²) in [5, 5.41) is 7.32. The minimum Gasteiger partial charge on any atom is -0.320 e. The average molecular weight is 286 g/mol. The number of rotatable bonds is 5. The summed E-state index contributed by atoms with van der Waals surface area (Å²) in [6.07, 6.45) is 3.69. The molecule has 2 aromatic rings. The number of amides is 1. The first-order valence-corrected chi connectivity index (χ1v) is 7.35. The van der Waals surface area contributed by atoms with Crippen LogP contribution in [0.2, 0.25) is 0 Å². The van der Waals surface area contributed by atoms with Gasteiger partial charge in [0.05, 0.1) is 6.04 Å². The molecule has 0 spiro atoms. The van der Waals surface area contributed by atoms with Gasteiger partial charge < -0.3 is 5.32 Å². The minimum atomic E-state index is -0.187. The number of hydrogen-bond donors (Lipinski definition) is 1. The van der Waals surface area contributed by atoms with Gasteiger partial charge in [-0.1, -0.05) is 13.8 Å². The summed E-state index contributed by atoms with van der Waals surface area (Å²) in [5.74, 6) is -0.187. The quantitative estimate of drug-likeness (QED) is 0.915. The normalized spacial score (nSPS) is 10.9. The highest BCUT2D eigenvalue weighted by Gasteiger charge is 2.16. The molecular weight excluding hydrogens is 264 g/mol. The molecule has 0 saturated heterocycles. The van der Waals surface area contributed by atoms with Crippen LogP contribution in [-0.2, 0) is 0 Å². The van der Waals surface area contributed by atoms with E-state index in [2.05, 4.69) is 29.2 Å². The van der Waals surface area contributed by atoms with Crippen LogP contribution in [0.4, 0.5) is 5.69 Å². The third kappa shape index (κ3) is 3.48. The maximum atomic E-state index is 12.3. The molecule has 0 radical (unpaired) electrons. The standard InChI is InChI=1S/C16H22N4O/c1-5-14(6-2)20-12(4)10-15(19-20)16(21)18-13-7-8-17-11(3)9-13/h7-10,14H,5-6H2,1-4H3,(H,17,18,21). The fourth-order valence-corrected chi connectivity index (χ4v) is 2.42. The van der Waals surface area contributed by atoms with Crippen molar-refractivity contribution >= 4 is 11.6 Å². The van der Waals surface area contributed by atoms with E-state index < -0.39 is 0 Å². The fraction of sp³-hybridized carbons (Fsp3) is 0.438. The Labute approximate surface area is 125 Å². The van der Waals surface area contributed by atoms with Crippen LogP contribution < -0.4 is 5.32 Å². The molecule has 0 bridgehead atoms. The van der Waals surface area contributed by atoms with Crippen molar-refractivity contribution in [3.05, 3.63) is 41.5 Å². The number of pyridine rings is 1. The Balaban J connectivity index is 2.18. The molecule has 112 valence electrons. The van der Waals surface area contributed by atoms with Gasteiger partial charge in [-0.3, -0.25) is 14.5 Å². The van der Waals surface area contributed by atoms with Crippen LogP contribution in [-0.4, -0.2) is 20.7 Å². The van der Waals surface area contributed by atoms with E-state index in [1.54, 1.807) is 12.3 Å². The molecule has 0 fully saturated rings. The molecule has 1 N–H and O–H groups in total. The Morgan fingerprint density at radius 2 is 2.00 bits per heavy atom. The second-order valence-electron chi connectivity index (χ2n) is 5.23. The van der Waals surface area contributed by atoms with Crippen molar-refractivity contribution in [1.82, 2.24) is 14.8 Å². The van der Waals surface area contributed by atoms with Crippen molar-refractivity contribution in [2.45, 2.75) is 46.6 Å². The topological polar surface area (TPSA) is 59.8 Å². The van der Waals surface area contributed by atoms with Gasteiger partial charge in [0.1, 0.15) is 0 Å². The molecule has 0 unspecified atom stereocenters. The largest absolute Gasteiger partial charge is 0.320 e. The van der Waals surface area contributed by atoms with E-state index in [-0.39, 0.29) is 5.91 Å². The average Bonchev–Trinajstić information content (AvgIpc) is 2.83. The van der Waals surface area contributed by atoms with Gasteiger partial charge in [0.15, 0.2) is 5.69 Å². The van der Waals surface area contributed by atoms with Gasteiger partial charge in [-0.05, 0) is 44.9 Å². The maximum absolute atomic E-state index is 12.3. The lowest BCUT2D eigenvalue weighted by atomic mass is 10.2. The fourth-order valence-electron chi connectivity index (χ4n) is 2.42. The summed E-state index contributed by atoms with van der Waals surface area (Å²) >= 11 is 0. The highest BCUT2D eigenvalue weighted by Crippen LogP contribution is 2.18. The summed E-state index contributed by atoms with van der Waals surface area (Å²) in [5.41, 5.74) is 3.07. The number of carbonyl (C=O) groups excluding carboxylic acids is 1. The van der Waals surface area contributed by atoms with Gasteiger partial charge in [0, 0.05) is 23.3 Å². The molecule has 1 amide bonds. The monoisotopic (exact) mass is 286 g/mol. The highest BCUT2D eigenvalue weighted by atomic mass is 16.1.